The van der Waals surface area contributed by atoms with Crippen LogP contribution in [-0.4, -0.2) is 23.1 Å². The molecule has 2 aromatic heterocycles. The van der Waals surface area contributed by atoms with Crippen LogP contribution in [0.2, 0.25) is 0 Å². The van der Waals surface area contributed by atoms with E-state index in [1.807, 2.05) is 37.4 Å². The molecule has 126 valence electrons. The molecule has 8 heteroatoms. The summed E-state index contributed by atoms with van der Waals surface area (Å²) < 4.78 is 35.3. The topological polar surface area (TPSA) is 90.0 Å². The third-order valence-electron chi connectivity index (χ3n) is 3.76. The summed E-state index contributed by atoms with van der Waals surface area (Å²) in [5.74, 6) is 0.850. The molecule has 0 fully saturated rings. The second-order valence-corrected chi connectivity index (χ2v) is 7.17. The number of hydrogen-bond acceptors (Lipinski definition) is 5. The molecule has 0 saturated carbocycles. The van der Waals surface area contributed by atoms with Crippen molar-refractivity contribution in [2.45, 2.75) is 24.8 Å². The molecule has 0 aliphatic rings. The molecule has 24 heavy (non-hydrogen) atoms. The van der Waals surface area contributed by atoms with Crippen molar-refractivity contribution in [1.82, 2.24) is 19.4 Å². The number of aryl methyl sites for hydroxylation is 3. The van der Waals surface area contributed by atoms with Gasteiger partial charge in [-0.25, -0.2) is 13.4 Å². The lowest BCUT2D eigenvalue weighted by Crippen LogP contribution is -2.31. The lowest BCUT2D eigenvalue weighted by molar-refractivity contribution is 0.390. The van der Waals surface area contributed by atoms with E-state index >= 15 is 0 Å². The molecule has 0 saturated heterocycles. The number of benzene rings is 1. The van der Waals surface area contributed by atoms with Gasteiger partial charge < -0.3 is 9.09 Å². The smallest absolute Gasteiger partial charge is 0.246 e. The maximum absolute atomic E-state index is 12.9. The average molecular weight is 346 g/mol. The molecule has 0 spiro atoms. The average Bonchev–Trinajstić information content (AvgIpc) is 3.12. The van der Waals surface area contributed by atoms with Crippen molar-refractivity contribution in [3.63, 3.8) is 0 Å². The van der Waals surface area contributed by atoms with Gasteiger partial charge in [-0.05, 0) is 19.4 Å². The van der Waals surface area contributed by atoms with Crippen LogP contribution in [0.4, 0.5) is 0 Å². The largest absolute Gasteiger partial charge is 0.360 e. The van der Waals surface area contributed by atoms with Crippen LogP contribution < -0.4 is 4.72 Å². The van der Waals surface area contributed by atoms with Crippen molar-refractivity contribution in [3.05, 3.63) is 65.6 Å². The highest BCUT2D eigenvalue weighted by molar-refractivity contribution is 7.89. The summed E-state index contributed by atoms with van der Waals surface area (Å²) in [4.78, 5) is 4.37. The van der Waals surface area contributed by atoms with Gasteiger partial charge in [0.15, 0.2) is 5.76 Å². The van der Waals surface area contributed by atoms with Crippen LogP contribution >= 0.6 is 0 Å². The first-order chi connectivity index (χ1) is 11.4. The Labute approximate surface area is 140 Å². The third-order valence-corrected chi connectivity index (χ3v) is 5.43. The fraction of sp³-hybridized carbons (Fsp3) is 0.250. The minimum Gasteiger partial charge on any atom is -0.360 e. The minimum absolute atomic E-state index is 0.0673. The van der Waals surface area contributed by atoms with Crippen LogP contribution in [0, 0.1) is 13.8 Å². The Morgan fingerprint density at radius 1 is 1.21 bits per heavy atom. The van der Waals surface area contributed by atoms with Gasteiger partial charge in [0.25, 0.3) is 0 Å². The minimum atomic E-state index is -3.83. The van der Waals surface area contributed by atoms with Crippen molar-refractivity contribution in [2.24, 2.45) is 7.05 Å². The summed E-state index contributed by atoms with van der Waals surface area (Å²) in [6.07, 6.45) is 3.41. The van der Waals surface area contributed by atoms with E-state index in [4.69, 9.17) is 4.52 Å². The molecule has 0 unspecified atom stereocenters. The normalized spacial score (nSPS) is 13.1. The van der Waals surface area contributed by atoms with Crippen LogP contribution in [0.1, 0.15) is 28.9 Å². The SMILES string of the molecule is Cc1noc(C)c1S(=O)(=O)N[C@@H](c1ccccc1)c1nccn1C. The highest BCUT2D eigenvalue weighted by Crippen LogP contribution is 2.25. The molecule has 1 aromatic carbocycles. The van der Waals surface area contributed by atoms with E-state index in [1.165, 1.54) is 0 Å². The molecule has 0 amide bonds. The molecular weight excluding hydrogens is 328 g/mol. The van der Waals surface area contributed by atoms with Crippen molar-refractivity contribution in [1.29, 1.82) is 0 Å². The highest BCUT2D eigenvalue weighted by atomic mass is 32.2. The Kier molecular flexibility index (Phi) is 4.25. The summed E-state index contributed by atoms with van der Waals surface area (Å²) in [6.45, 7) is 3.18. The van der Waals surface area contributed by atoms with Gasteiger partial charge in [0.1, 0.15) is 22.5 Å². The molecule has 2 heterocycles. The quantitative estimate of drug-likeness (QED) is 0.764. The van der Waals surface area contributed by atoms with Crippen LogP contribution in [0.5, 0.6) is 0 Å². The van der Waals surface area contributed by atoms with Gasteiger partial charge in [0.2, 0.25) is 10.0 Å². The third kappa shape index (κ3) is 2.98. The number of hydrogen-bond donors (Lipinski definition) is 1. The zero-order valence-electron chi connectivity index (χ0n) is 13.6. The maximum atomic E-state index is 12.9. The summed E-state index contributed by atoms with van der Waals surface area (Å²) in [6, 6.07) is 8.68. The van der Waals surface area contributed by atoms with Crippen molar-refractivity contribution < 1.29 is 12.9 Å². The number of imidazole rings is 1. The summed E-state index contributed by atoms with van der Waals surface area (Å²) in [5, 5.41) is 3.73. The molecule has 1 N–H and O–H groups in total. The van der Waals surface area contributed by atoms with Crippen LogP contribution in [0.15, 0.2) is 52.1 Å². The summed E-state index contributed by atoms with van der Waals surface area (Å²) in [5.41, 5.74) is 1.12. The number of sulfonamides is 1. The number of aromatic nitrogens is 3. The van der Waals surface area contributed by atoms with Gasteiger partial charge in [0, 0.05) is 19.4 Å². The monoisotopic (exact) mass is 346 g/mol. The molecule has 0 aliphatic carbocycles. The molecule has 0 radical (unpaired) electrons. The molecular formula is C16H18N4O3S. The van der Waals surface area contributed by atoms with Crippen molar-refractivity contribution in [3.8, 4) is 0 Å². The second kappa shape index (κ2) is 6.21. The standard InChI is InChI=1S/C16H18N4O3S/c1-11-15(12(2)23-18-11)24(21,22)19-14(13-7-5-4-6-8-13)16-17-9-10-20(16)3/h4-10,14,19H,1-3H3/t14-/m0/s1. The Morgan fingerprint density at radius 3 is 2.46 bits per heavy atom. The van der Waals surface area contributed by atoms with E-state index in [1.54, 1.807) is 30.8 Å². The Hall–Kier alpha value is -2.45. The number of nitrogens with zero attached hydrogens (tertiary/aromatic N) is 3. The Bertz CT molecular complexity index is 925. The van der Waals surface area contributed by atoms with Gasteiger partial charge in [-0.15, -0.1) is 0 Å². The summed E-state index contributed by atoms with van der Waals surface area (Å²) in [7, 11) is -2.01. The van der Waals surface area contributed by atoms with Crippen LogP contribution in [0.25, 0.3) is 0 Å². The predicted molar refractivity (Wildman–Crippen MR) is 87.8 cm³/mol. The van der Waals surface area contributed by atoms with Crippen molar-refractivity contribution in [2.75, 3.05) is 0 Å². The lowest BCUT2D eigenvalue weighted by atomic mass is 10.1. The molecule has 0 aliphatic heterocycles. The van der Waals surface area contributed by atoms with E-state index in [2.05, 4.69) is 14.9 Å². The first kappa shape index (κ1) is 16.4. The molecule has 7 nitrogen and oxygen atoms in total. The van der Waals surface area contributed by atoms with Gasteiger partial charge in [-0.3, -0.25) is 0 Å². The first-order valence-corrected chi connectivity index (χ1v) is 8.86. The zero-order valence-corrected chi connectivity index (χ0v) is 14.4. The molecule has 0 bridgehead atoms. The lowest BCUT2D eigenvalue weighted by Gasteiger charge is -2.19. The van der Waals surface area contributed by atoms with Gasteiger partial charge in [-0.1, -0.05) is 35.5 Å². The van der Waals surface area contributed by atoms with E-state index in [0.717, 1.165) is 5.56 Å². The van der Waals surface area contributed by atoms with Gasteiger partial charge in [-0.2, -0.15) is 4.72 Å². The van der Waals surface area contributed by atoms with E-state index < -0.39 is 16.1 Å². The molecule has 3 aromatic rings. The fourth-order valence-electron chi connectivity index (χ4n) is 2.64. The van der Waals surface area contributed by atoms with E-state index in [0.29, 0.717) is 11.5 Å². The highest BCUT2D eigenvalue weighted by Gasteiger charge is 2.30. The zero-order chi connectivity index (χ0) is 17.3. The van der Waals surface area contributed by atoms with Crippen LogP contribution in [-0.2, 0) is 17.1 Å². The second-order valence-electron chi connectivity index (χ2n) is 5.51. The van der Waals surface area contributed by atoms with E-state index in [-0.39, 0.29) is 10.7 Å². The Balaban J connectivity index is 2.07. The van der Waals surface area contributed by atoms with Gasteiger partial charge >= 0.3 is 0 Å². The van der Waals surface area contributed by atoms with E-state index in [9.17, 15) is 8.42 Å². The predicted octanol–water partition coefficient (Wildman–Crippen LogP) is 2.09. The summed E-state index contributed by atoms with van der Waals surface area (Å²) >= 11 is 0. The molecule has 1 atom stereocenters. The first-order valence-electron chi connectivity index (χ1n) is 7.37. The fourth-order valence-corrected chi connectivity index (χ4v) is 4.15. The number of nitrogens with one attached hydrogen (secondary N) is 1. The Morgan fingerprint density at radius 2 is 1.92 bits per heavy atom. The number of rotatable bonds is 5. The van der Waals surface area contributed by atoms with Crippen LogP contribution in [0.3, 0.4) is 0 Å². The molecule has 3 rings (SSSR count). The van der Waals surface area contributed by atoms with Gasteiger partial charge in [0.05, 0.1) is 0 Å². The van der Waals surface area contributed by atoms with Crippen molar-refractivity contribution >= 4 is 10.0 Å². The maximum Gasteiger partial charge on any atom is 0.246 e.